The highest BCUT2D eigenvalue weighted by molar-refractivity contribution is 7.56. The van der Waals surface area contributed by atoms with Gasteiger partial charge in [0.25, 0.3) is 0 Å². The summed E-state index contributed by atoms with van der Waals surface area (Å²) in [5.41, 5.74) is 0. The normalized spacial score (nSPS) is 29.5. The van der Waals surface area contributed by atoms with Crippen molar-refractivity contribution in [2.45, 2.75) is 37.5 Å². The van der Waals surface area contributed by atoms with Gasteiger partial charge in [-0.15, -0.1) is 11.3 Å². The Morgan fingerprint density at radius 3 is 2.77 bits per heavy atom. The van der Waals surface area contributed by atoms with Gasteiger partial charge >= 0.3 is 7.60 Å². The van der Waals surface area contributed by atoms with Crippen LogP contribution in [0.2, 0.25) is 0 Å². The Morgan fingerprint density at radius 2 is 2.23 bits per heavy atom. The van der Waals surface area contributed by atoms with Crippen LogP contribution in [0.15, 0.2) is 12.7 Å². The molecule has 4 unspecified atom stereocenters. The molecule has 1 aliphatic carbocycles. The largest absolute Gasteiger partial charge is 0.388 e. The van der Waals surface area contributed by atoms with E-state index in [9.17, 15) is 23.5 Å². The van der Waals surface area contributed by atoms with Crippen molar-refractivity contribution in [1.29, 1.82) is 0 Å². The van der Waals surface area contributed by atoms with Gasteiger partial charge in [-0.3, -0.25) is 18.9 Å². The lowest BCUT2D eigenvalue weighted by Crippen LogP contribution is -2.51. The van der Waals surface area contributed by atoms with Gasteiger partial charge in [0.15, 0.2) is 5.28 Å². The first kappa shape index (κ1) is 20.5. The van der Waals surface area contributed by atoms with Crippen LogP contribution in [0.4, 0.5) is 4.53 Å². The molecule has 26 heavy (non-hydrogen) atoms. The summed E-state index contributed by atoms with van der Waals surface area (Å²) in [7, 11) is -4.25. The third kappa shape index (κ3) is 3.67. The molecular weight excluding hydrogens is 368 g/mol. The molecule has 146 valence electrons. The van der Waals surface area contributed by atoms with Gasteiger partial charge in [0, 0.05) is 12.5 Å². The summed E-state index contributed by atoms with van der Waals surface area (Å²) < 4.78 is 34.5. The summed E-state index contributed by atoms with van der Waals surface area (Å²) in [6.07, 6.45) is 3.02. The van der Waals surface area contributed by atoms with Crippen LogP contribution in [-0.2, 0) is 28.2 Å². The minimum atomic E-state index is -4.25. The number of carbonyl (C=O) groups is 3. The highest BCUT2D eigenvalue weighted by Gasteiger charge is 2.69. The number of rotatable bonds is 10. The Morgan fingerprint density at radius 1 is 1.50 bits per heavy atom. The average molecular weight is 391 g/mol. The second kappa shape index (κ2) is 8.28. The van der Waals surface area contributed by atoms with E-state index in [-0.39, 0.29) is 19.6 Å². The van der Waals surface area contributed by atoms with E-state index in [0.717, 1.165) is 0 Å². The van der Waals surface area contributed by atoms with E-state index in [0.29, 0.717) is 25.8 Å². The molecular formula is C15H23FN3O6P. The predicted molar refractivity (Wildman–Crippen MR) is 89.4 cm³/mol. The Bertz CT molecular complexity index is 633. The van der Waals surface area contributed by atoms with Crippen LogP contribution in [0.1, 0.15) is 26.2 Å². The fraction of sp³-hybridized carbons (Fsp3) is 0.667. The number of carbonyl (C=O) groups excluding carboxylic acids is 3. The van der Waals surface area contributed by atoms with Crippen molar-refractivity contribution in [3.63, 3.8) is 0 Å². The van der Waals surface area contributed by atoms with Crippen LogP contribution in [-0.4, -0.2) is 54.1 Å². The Labute approximate surface area is 150 Å². The van der Waals surface area contributed by atoms with E-state index in [4.69, 9.17) is 4.52 Å². The summed E-state index contributed by atoms with van der Waals surface area (Å²) >= 11 is 0. The van der Waals surface area contributed by atoms with Crippen LogP contribution < -0.4 is 10.6 Å². The Balaban J connectivity index is 2.15. The van der Waals surface area contributed by atoms with Gasteiger partial charge in [0.1, 0.15) is 6.04 Å². The van der Waals surface area contributed by atoms with Crippen molar-refractivity contribution in [3.8, 4) is 0 Å². The molecule has 9 nitrogen and oxygen atoms in total. The maximum Gasteiger partial charge on any atom is 0.388 e. The summed E-state index contributed by atoms with van der Waals surface area (Å²) in [6, 6.07) is -0.798. The fourth-order valence-corrected chi connectivity index (χ4v) is 5.23. The number of nitrogens with one attached hydrogen (secondary N) is 2. The predicted octanol–water partition coefficient (Wildman–Crippen LogP) is 0.872. The van der Waals surface area contributed by atoms with Crippen molar-refractivity contribution in [1.82, 2.24) is 15.5 Å². The molecule has 0 spiro atoms. The fourth-order valence-electron chi connectivity index (χ4n) is 3.31. The van der Waals surface area contributed by atoms with Crippen LogP contribution in [0.25, 0.3) is 0 Å². The van der Waals surface area contributed by atoms with E-state index >= 15 is 0 Å². The first-order valence-electron chi connectivity index (χ1n) is 8.35. The lowest BCUT2D eigenvalue weighted by atomic mass is 10.2. The SMILES string of the molecule is C=CC1CC1(NC(=O)C1CCCN1C(=O)CNC=O)P(=O)(OF)OCC. The third-order valence-corrected chi connectivity index (χ3v) is 7.08. The van der Waals surface area contributed by atoms with E-state index in [1.165, 1.54) is 17.9 Å². The summed E-state index contributed by atoms with van der Waals surface area (Å²) in [5.74, 6) is -1.44. The van der Waals surface area contributed by atoms with Gasteiger partial charge in [-0.1, -0.05) is 6.08 Å². The highest BCUT2D eigenvalue weighted by Crippen LogP contribution is 2.73. The van der Waals surface area contributed by atoms with Crippen LogP contribution >= 0.6 is 7.60 Å². The molecule has 0 aromatic heterocycles. The minimum Gasteiger partial charge on any atom is -0.350 e. The van der Waals surface area contributed by atoms with E-state index in [1.54, 1.807) is 0 Å². The topological polar surface area (TPSA) is 114 Å². The van der Waals surface area contributed by atoms with Crippen molar-refractivity contribution in [3.05, 3.63) is 12.7 Å². The number of amides is 3. The number of likely N-dealkylation sites (tertiary alicyclic amines) is 1. The molecule has 1 aliphatic heterocycles. The molecule has 2 aliphatic rings. The molecule has 0 aromatic rings. The number of halogens is 1. The van der Waals surface area contributed by atoms with Gasteiger partial charge in [-0.25, -0.2) is 0 Å². The molecule has 2 fully saturated rings. The molecule has 1 saturated carbocycles. The van der Waals surface area contributed by atoms with E-state index in [2.05, 4.69) is 21.9 Å². The van der Waals surface area contributed by atoms with Crippen molar-refractivity contribution < 1.29 is 32.7 Å². The zero-order valence-corrected chi connectivity index (χ0v) is 15.4. The molecule has 11 heteroatoms. The molecule has 2 rings (SSSR count). The van der Waals surface area contributed by atoms with E-state index in [1.807, 2.05) is 0 Å². The van der Waals surface area contributed by atoms with Gasteiger partial charge < -0.3 is 20.1 Å². The third-order valence-electron chi connectivity index (χ3n) is 4.70. The maximum atomic E-state index is 13.1. The zero-order chi connectivity index (χ0) is 19.4. The van der Waals surface area contributed by atoms with Crippen molar-refractivity contribution in [2.75, 3.05) is 19.7 Å². The number of hydrogen-bond donors (Lipinski definition) is 2. The minimum absolute atomic E-state index is 0.0614. The highest BCUT2D eigenvalue weighted by atomic mass is 31.2. The van der Waals surface area contributed by atoms with Crippen LogP contribution in [0.3, 0.4) is 0 Å². The van der Waals surface area contributed by atoms with Gasteiger partial charge in [0.05, 0.1) is 13.2 Å². The standard InChI is InChI=1S/C15H23FN3O6P/c1-3-11-8-15(11,26(23,25-16)24-4-2)18-14(22)12-6-5-7-19(12)13(21)9-17-10-20/h3,10-12H,1,4-9H2,2H3,(H,17,20)(H,18,22). The Hall–Kier alpha value is -1.77. The second-order valence-corrected chi connectivity index (χ2v) is 8.38. The van der Waals surface area contributed by atoms with Crippen molar-refractivity contribution >= 4 is 25.8 Å². The smallest absolute Gasteiger partial charge is 0.350 e. The average Bonchev–Trinajstić information content (AvgIpc) is 3.13. The summed E-state index contributed by atoms with van der Waals surface area (Å²) in [4.78, 5) is 36.5. The van der Waals surface area contributed by atoms with Gasteiger partial charge in [-0.05, 0) is 30.7 Å². The first-order valence-corrected chi connectivity index (χ1v) is 9.89. The quantitative estimate of drug-likeness (QED) is 0.325. The summed E-state index contributed by atoms with van der Waals surface area (Å²) in [6.45, 7) is 5.20. The molecule has 0 bridgehead atoms. The molecule has 0 radical (unpaired) electrons. The zero-order valence-electron chi connectivity index (χ0n) is 14.5. The van der Waals surface area contributed by atoms with Gasteiger partial charge in [0.2, 0.25) is 18.2 Å². The number of hydrogen-bond acceptors (Lipinski definition) is 6. The van der Waals surface area contributed by atoms with Crippen molar-refractivity contribution in [2.24, 2.45) is 5.92 Å². The molecule has 1 saturated heterocycles. The molecule has 1 heterocycles. The second-order valence-electron chi connectivity index (χ2n) is 6.19. The lowest BCUT2D eigenvalue weighted by Gasteiger charge is -2.29. The Kier molecular flexibility index (Phi) is 6.54. The van der Waals surface area contributed by atoms with Gasteiger partial charge in [-0.2, -0.15) is 0 Å². The monoisotopic (exact) mass is 391 g/mol. The number of nitrogens with zero attached hydrogens (tertiary/aromatic N) is 1. The van der Waals surface area contributed by atoms with Crippen LogP contribution in [0.5, 0.6) is 0 Å². The molecule has 4 atom stereocenters. The maximum absolute atomic E-state index is 13.1. The van der Waals surface area contributed by atoms with Crippen LogP contribution in [0, 0.1) is 5.92 Å². The summed E-state index contributed by atoms with van der Waals surface area (Å²) in [5, 5.41) is 3.32. The molecule has 3 amide bonds. The van der Waals surface area contributed by atoms with E-state index < -0.39 is 36.6 Å². The molecule has 0 aromatic carbocycles. The lowest BCUT2D eigenvalue weighted by molar-refractivity contribution is -0.138. The first-order chi connectivity index (χ1) is 12.4. The molecule has 2 N–H and O–H groups in total.